The molecule has 1 fully saturated rings. The Morgan fingerprint density at radius 2 is 1.45 bits per heavy atom. The molecule has 1 heterocycles. The van der Waals surface area contributed by atoms with Crippen molar-refractivity contribution in [2.45, 2.75) is 6.18 Å². The third kappa shape index (κ3) is 5.39. The molecule has 0 bridgehead atoms. The van der Waals surface area contributed by atoms with E-state index in [4.69, 9.17) is 9.47 Å². The van der Waals surface area contributed by atoms with Gasteiger partial charge in [0.15, 0.2) is 0 Å². The van der Waals surface area contributed by atoms with Crippen LogP contribution in [0.1, 0.15) is 10.4 Å². The fourth-order valence-electron chi connectivity index (χ4n) is 3.24. The summed E-state index contributed by atoms with van der Waals surface area (Å²) in [6, 6.07) is 11.8. The highest BCUT2D eigenvalue weighted by Gasteiger charge is 2.43. The highest BCUT2D eigenvalue weighted by atomic mass is 19.4. The number of methoxy groups -OCH3 is 2. The number of hydrogen-bond acceptors (Lipinski definition) is 5. The van der Waals surface area contributed by atoms with Crippen molar-refractivity contribution in [1.82, 2.24) is 4.90 Å². The van der Waals surface area contributed by atoms with E-state index in [1.807, 2.05) is 4.90 Å². The molecule has 3 rings (SSSR count). The lowest BCUT2D eigenvalue weighted by molar-refractivity contribution is -0.185. The Kier molecular flexibility index (Phi) is 6.57. The first-order valence-corrected chi connectivity index (χ1v) is 9.47. The molecule has 0 spiro atoms. The van der Waals surface area contributed by atoms with Crippen LogP contribution < -0.4 is 19.7 Å². The molecular weight excluding hydrogens is 415 g/mol. The summed E-state index contributed by atoms with van der Waals surface area (Å²) < 4.78 is 48.0. The van der Waals surface area contributed by atoms with Gasteiger partial charge in [0.25, 0.3) is 5.91 Å². The lowest BCUT2D eigenvalue weighted by Gasteiger charge is -2.36. The van der Waals surface area contributed by atoms with Gasteiger partial charge in [-0.25, -0.2) is 0 Å². The molecule has 1 N–H and O–H groups in total. The second-order valence-corrected chi connectivity index (χ2v) is 6.88. The predicted octanol–water partition coefficient (Wildman–Crippen LogP) is 3.17. The number of benzene rings is 2. The Bertz CT molecular complexity index is 918. The maximum Gasteiger partial charge on any atom is 0.471 e. The monoisotopic (exact) mass is 437 g/mol. The summed E-state index contributed by atoms with van der Waals surface area (Å²) in [5, 5.41) is 2.78. The number of carbonyl (C=O) groups is 2. The van der Waals surface area contributed by atoms with Crippen molar-refractivity contribution in [3.8, 4) is 11.5 Å². The van der Waals surface area contributed by atoms with Gasteiger partial charge in [-0.1, -0.05) is 0 Å². The van der Waals surface area contributed by atoms with Crippen LogP contribution in [0.2, 0.25) is 0 Å². The fraction of sp³-hybridized carbons (Fsp3) is 0.333. The molecule has 2 aromatic rings. The standard InChI is InChI=1S/C21H22F3N3O4/c1-30-17-11-14(12-18(13-17)31-2)19(28)25-15-3-5-16(6-4-15)26-7-9-27(10-8-26)20(29)21(22,23)24/h3-6,11-13H,7-10H2,1-2H3,(H,25,28). The van der Waals surface area contributed by atoms with Crippen LogP contribution in [0, 0.1) is 0 Å². The van der Waals surface area contributed by atoms with Crippen LogP contribution in [0.25, 0.3) is 0 Å². The van der Waals surface area contributed by atoms with E-state index in [0.29, 0.717) is 22.7 Å². The zero-order valence-electron chi connectivity index (χ0n) is 17.0. The van der Waals surface area contributed by atoms with Crippen molar-refractivity contribution in [1.29, 1.82) is 0 Å². The van der Waals surface area contributed by atoms with Crippen molar-refractivity contribution >= 4 is 23.2 Å². The zero-order valence-corrected chi connectivity index (χ0v) is 17.0. The number of carbonyl (C=O) groups excluding carboxylic acids is 2. The van der Waals surface area contributed by atoms with Crippen molar-refractivity contribution < 1.29 is 32.2 Å². The third-order valence-electron chi connectivity index (χ3n) is 4.91. The van der Waals surface area contributed by atoms with Crippen molar-refractivity contribution in [2.24, 2.45) is 0 Å². The number of piperazine rings is 1. The van der Waals surface area contributed by atoms with Gasteiger partial charge in [0.1, 0.15) is 11.5 Å². The molecule has 10 heteroatoms. The van der Waals surface area contributed by atoms with Gasteiger partial charge >= 0.3 is 12.1 Å². The number of nitrogens with one attached hydrogen (secondary N) is 1. The molecule has 0 aromatic heterocycles. The van der Waals surface area contributed by atoms with E-state index in [0.717, 1.165) is 10.6 Å². The van der Waals surface area contributed by atoms with Gasteiger partial charge in [0, 0.05) is 49.2 Å². The predicted molar refractivity (Wildman–Crippen MR) is 109 cm³/mol. The van der Waals surface area contributed by atoms with Crippen LogP contribution in [-0.4, -0.2) is 63.3 Å². The van der Waals surface area contributed by atoms with Crippen LogP contribution in [0.4, 0.5) is 24.5 Å². The molecule has 1 aliphatic rings. The van der Waals surface area contributed by atoms with Gasteiger partial charge in [-0.3, -0.25) is 9.59 Å². The molecule has 0 radical (unpaired) electrons. The van der Waals surface area contributed by atoms with Crippen LogP contribution in [0.3, 0.4) is 0 Å². The summed E-state index contributed by atoms with van der Waals surface area (Å²) in [4.78, 5) is 26.6. The average molecular weight is 437 g/mol. The van der Waals surface area contributed by atoms with E-state index in [-0.39, 0.29) is 32.1 Å². The lowest BCUT2D eigenvalue weighted by atomic mass is 10.1. The molecule has 166 valence electrons. The van der Waals surface area contributed by atoms with Crippen LogP contribution >= 0.6 is 0 Å². The highest BCUT2D eigenvalue weighted by Crippen LogP contribution is 2.25. The first-order chi connectivity index (χ1) is 14.7. The minimum atomic E-state index is -4.85. The maximum absolute atomic E-state index is 12.6. The minimum Gasteiger partial charge on any atom is -0.497 e. The molecule has 2 aromatic carbocycles. The molecule has 0 atom stereocenters. The first kappa shape index (κ1) is 22.3. The van der Waals surface area contributed by atoms with Crippen molar-refractivity contribution in [3.05, 3.63) is 48.0 Å². The number of hydrogen-bond donors (Lipinski definition) is 1. The minimum absolute atomic E-state index is 0.00545. The summed E-state index contributed by atoms with van der Waals surface area (Å²) >= 11 is 0. The number of amides is 2. The quantitative estimate of drug-likeness (QED) is 0.778. The van der Waals surface area contributed by atoms with Crippen molar-refractivity contribution in [2.75, 3.05) is 50.6 Å². The molecule has 0 unspecified atom stereocenters. The van der Waals surface area contributed by atoms with Gasteiger partial charge in [-0.2, -0.15) is 13.2 Å². The number of rotatable bonds is 5. The lowest BCUT2D eigenvalue weighted by Crippen LogP contribution is -2.52. The Morgan fingerprint density at radius 3 is 1.94 bits per heavy atom. The SMILES string of the molecule is COc1cc(OC)cc(C(=O)Nc2ccc(N3CCN(C(=O)C(F)(F)F)CC3)cc2)c1. The maximum atomic E-state index is 12.6. The number of anilines is 2. The number of nitrogens with zero attached hydrogens (tertiary/aromatic N) is 2. The molecule has 31 heavy (non-hydrogen) atoms. The van der Waals surface area contributed by atoms with Gasteiger partial charge in [0.05, 0.1) is 14.2 Å². The molecule has 7 nitrogen and oxygen atoms in total. The molecule has 0 aliphatic carbocycles. The molecule has 1 saturated heterocycles. The van der Waals surface area contributed by atoms with Gasteiger partial charge < -0.3 is 24.6 Å². The normalized spacial score (nSPS) is 14.2. The average Bonchev–Trinajstić information content (AvgIpc) is 2.78. The molecule has 2 amide bonds. The number of ether oxygens (including phenoxy) is 2. The van der Waals surface area contributed by atoms with Crippen LogP contribution in [0.5, 0.6) is 11.5 Å². The second kappa shape index (κ2) is 9.15. The first-order valence-electron chi connectivity index (χ1n) is 9.47. The van der Waals surface area contributed by atoms with E-state index in [9.17, 15) is 22.8 Å². The van der Waals surface area contributed by atoms with E-state index in [1.165, 1.54) is 14.2 Å². The number of alkyl halides is 3. The third-order valence-corrected chi connectivity index (χ3v) is 4.91. The zero-order chi connectivity index (χ0) is 22.6. The summed E-state index contributed by atoms with van der Waals surface area (Å²) in [5.74, 6) is -1.17. The largest absolute Gasteiger partial charge is 0.497 e. The van der Waals surface area contributed by atoms with Gasteiger partial charge in [0.2, 0.25) is 0 Å². The summed E-state index contributed by atoms with van der Waals surface area (Å²) in [7, 11) is 2.99. The molecular formula is C21H22F3N3O4. The Labute approximate surface area is 177 Å². The number of halogens is 3. The van der Waals surface area contributed by atoms with E-state index >= 15 is 0 Å². The fourth-order valence-corrected chi connectivity index (χ4v) is 3.24. The Balaban J connectivity index is 1.61. The Hall–Kier alpha value is -3.43. The Morgan fingerprint density at radius 1 is 0.903 bits per heavy atom. The smallest absolute Gasteiger partial charge is 0.471 e. The van der Waals surface area contributed by atoms with Gasteiger partial charge in [-0.05, 0) is 36.4 Å². The van der Waals surface area contributed by atoms with Crippen molar-refractivity contribution in [3.63, 3.8) is 0 Å². The summed E-state index contributed by atoms with van der Waals surface area (Å²) in [5.41, 5.74) is 1.72. The molecule has 0 saturated carbocycles. The summed E-state index contributed by atoms with van der Waals surface area (Å²) in [6.45, 7) is 0.567. The van der Waals surface area contributed by atoms with E-state index in [1.54, 1.807) is 42.5 Å². The van der Waals surface area contributed by atoms with E-state index < -0.39 is 12.1 Å². The van der Waals surface area contributed by atoms with Crippen LogP contribution in [0.15, 0.2) is 42.5 Å². The molecule has 1 aliphatic heterocycles. The van der Waals surface area contributed by atoms with E-state index in [2.05, 4.69) is 5.32 Å². The van der Waals surface area contributed by atoms with Crippen LogP contribution in [-0.2, 0) is 4.79 Å². The summed E-state index contributed by atoms with van der Waals surface area (Å²) in [6.07, 6.45) is -4.85. The van der Waals surface area contributed by atoms with Gasteiger partial charge in [-0.15, -0.1) is 0 Å². The highest BCUT2D eigenvalue weighted by molar-refractivity contribution is 6.04. The second-order valence-electron chi connectivity index (χ2n) is 6.88. The topological polar surface area (TPSA) is 71.1 Å².